The van der Waals surface area contributed by atoms with Gasteiger partial charge in [0.05, 0.1) is 17.9 Å². The molecular weight excluding hydrogens is 403 g/mol. The van der Waals surface area contributed by atoms with E-state index in [-0.39, 0.29) is 42.5 Å². The van der Waals surface area contributed by atoms with E-state index in [0.717, 1.165) is 0 Å². The standard InChI is InChI=1S/C22H33FN4O4/c1-15-13-27(14-16(2)31-15)20-5-4-18(12-19(20)23)25-22(30)26-9-6-17(7-10-26)21(29)24-8-3-11-28/h4-5,12,15-17,28H,3,6-11,13-14H2,1-2H3,(H,24,29)(H,25,30). The highest BCUT2D eigenvalue weighted by Gasteiger charge is 2.28. The van der Waals surface area contributed by atoms with Crippen LogP contribution >= 0.6 is 0 Å². The number of nitrogens with one attached hydrogen (secondary N) is 2. The van der Waals surface area contributed by atoms with Gasteiger partial charge in [0.2, 0.25) is 5.91 Å². The number of hydrogen-bond acceptors (Lipinski definition) is 5. The second kappa shape index (κ2) is 10.8. The topological polar surface area (TPSA) is 94.1 Å². The molecule has 2 aliphatic rings. The van der Waals surface area contributed by atoms with Gasteiger partial charge in [-0.2, -0.15) is 0 Å². The average molecular weight is 437 g/mol. The number of benzene rings is 1. The van der Waals surface area contributed by atoms with Crippen LogP contribution in [0, 0.1) is 11.7 Å². The lowest BCUT2D eigenvalue weighted by Gasteiger charge is -2.37. The number of aliphatic hydroxyl groups excluding tert-OH is 1. The maximum absolute atomic E-state index is 14.7. The summed E-state index contributed by atoms with van der Waals surface area (Å²) >= 11 is 0. The number of anilines is 2. The molecule has 2 aliphatic heterocycles. The van der Waals surface area contributed by atoms with E-state index in [1.807, 2.05) is 18.7 Å². The molecule has 0 radical (unpaired) electrons. The zero-order valence-corrected chi connectivity index (χ0v) is 18.3. The smallest absolute Gasteiger partial charge is 0.321 e. The van der Waals surface area contributed by atoms with Crippen LogP contribution in [-0.4, -0.2) is 73.5 Å². The summed E-state index contributed by atoms with van der Waals surface area (Å²) in [5.41, 5.74) is 0.914. The van der Waals surface area contributed by atoms with Crippen LogP contribution in [0.15, 0.2) is 18.2 Å². The SMILES string of the molecule is CC1CN(c2ccc(NC(=O)N3CCC(C(=O)NCCCO)CC3)cc2F)CC(C)O1. The number of halogens is 1. The van der Waals surface area contributed by atoms with Gasteiger partial charge in [-0.25, -0.2) is 9.18 Å². The van der Waals surface area contributed by atoms with Gasteiger partial charge in [-0.3, -0.25) is 4.79 Å². The molecule has 2 heterocycles. The summed E-state index contributed by atoms with van der Waals surface area (Å²) in [6.07, 6.45) is 1.76. The molecule has 2 saturated heterocycles. The number of piperidine rings is 1. The summed E-state index contributed by atoms with van der Waals surface area (Å²) < 4.78 is 20.4. The molecular formula is C22H33FN4O4. The average Bonchev–Trinajstić information content (AvgIpc) is 2.73. The molecule has 0 aliphatic carbocycles. The Morgan fingerprint density at radius 2 is 1.87 bits per heavy atom. The van der Waals surface area contributed by atoms with Gasteiger partial charge >= 0.3 is 6.03 Å². The normalized spacial score (nSPS) is 22.3. The molecule has 2 unspecified atom stereocenters. The fraction of sp³-hybridized carbons (Fsp3) is 0.636. The van der Waals surface area contributed by atoms with Crippen LogP contribution in [0.2, 0.25) is 0 Å². The number of carbonyl (C=O) groups is 2. The maximum Gasteiger partial charge on any atom is 0.321 e. The first kappa shape index (κ1) is 23.3. The van der Waals surface area contributed by atoms with Crippen LogP contribution in [-0.2, 0) is 9.53 Å². The van der Waals surface area contributed by atoms with Gasteiger partial charge in [-0.05, 0) is 51.3 Å². The number of morpholine rings is 1. The van der Waals surface area contributed by atoms with E-state index >= 15 is 0 Å². The van der Waals surface area contributed by atoms with Gasteiger partial charge in [0, 0.05) is 50.9 Å². The summed E-state index contributed by atoms with van der Waals surface area (Å²) in [5.74, 6) is -0.534. The van der Waals surface area contributed by atoms with E-state index < -0.39 is 0 Å². The number of aliphatic hydroxyl groups is 1. The first-order valence-electron chi connectivity index (χ1n) is 11.0. The number of amides is 3. The van der Waals surface area contributed by atoms with Gasteiger partial charge in [-0.1, -0.05) is 0 Å². The van der Waals surface area contributed by atoms with E-state index in [2.05, 4.69) is 10.6 Å². The van der Waals surface area contributed by atoms with Crippen molar-refractivity contribution in [1.29, 1.82) is 0 Å². The molecule has 0 spiro atoms. The molecule has 0 saturated carbocycles. The van der Waals surface area contributed by atoms with Crippen LogP contribution in [0.1, 0.15) is 33.1 Å². The molecule has 172 valence electrons. The number of hydrogen-bond donors (Lipinski definition) is 3. The van der Waals surface area contributed by atoms with Crippen molar-refractivity contribution in [1.82, 2.24) is 10.2 Å². The molecule has 0 bridgehead atoms. The Morgan fingerprint density at radius 1 is 1.19 bits per heavy atom. The molecule has 8 nitrogen and oxygen atoms in total. The third-order valence-corrected chi connectivity index (χ3v) is 5.75. The predicted molar refractivity (Wildman–Crippen MR) is 117 cm³/mol. The van der Waals surface area contributed by atoms with Gasteiger partial charge < -0.3 is 30.3 Å². The number of ether oxygens (including phenoxy) is 1. The van der Waals surface area contributed by atoms with Crippen LogP contribution in [0.5, 0.6) is 0 Å². The van der Waals surface area contributed by atoms with Gasteiger partial charge in [-0.15, -0.1) is 0 Å². The summed E-state index contributed by atoms with van der Waals surface area (Å²) in [6, 6.07) is 4.46. The van der Waals surface area contributed by atoms with Crippen molar-refractivity contribution in [2.45, 2.75) is 45.3 Å². The number of urea groups is 1. The van der Waals surface area contributed by atoms with Gasteiger partial charge in [0.15, 0.2) is 0 Å². The molecule has 1 aromatic rings. The summed E-state index contributed by atoms with van der Waals surface area (Å²) in [6.45, 7) is 6.62. The molecule has 31 heavy (non-hydrogen) atoms. The molecule has 3 N–H and O–H groups in total. The minimum Gasteiger partial charge on any atom is -0.396 e. The third-order valence-electron chi connectivity index (χ3n) is 5.75. The minimum atomic E-state index is -0.377. The van der Waals surface area contributed by atoms with Crippen molar-refractivity contribution in [3.05, 3.63) is 24.0 Å². The van der Waals surface area contributed by atoms with Crippen LogP contribution in [0.4, 0.5) is 20.6 Å². The monoisotopic (exact) mass is 436 g/mol. The first-order valence-corrected chi connectivity index (χ1v) is 11.0. The maximum atomic E-state index is 14.7. The van der Waals surface area contributed by atoms with E-state index in [9.17, 15) is 14.0 Å². The van der Waals surface area contributed by atoms with Crippen LogP contribution < -0.4 is 15.5 Å². The van der Waals surface area contributed by atoms with Crippen LogP contribution in [0.3, 0.4) is 0 Å². The fourth-order valence-corrected chi connectivity index (χ4v) is 4.20. The predicted octanol–water partition coefficient (Wildman–Crippen LogP) is 2.18. The largest absolute Gasteiger partial charge is 0.396 e. The summed E-state index contributed by atoms with van der Waals surface area (Å²) in [4.78, 5) is 28.3. The fourth-order valence-electron chi connectivity index (χ4n) is 4.20. The lowest BCUT2D eigenvalue weighted by molar-refractivity contribution is -0.126. The van der Waals surface area contributed by atoms with Crippen molar-refractivity contribution in [2.24, 2.45) is 5.92 Å². The highest BCUT2D eigenvalue weighted by Crippen LogP contribution is 2.26. The van der Waals surface area contributed by atoms with Crippen molar-refractivity contribution in [3.8, 4) is 0 Å². The summed E-state index contributed by atoms with van der Waals surface area (Å²) in [7, 11) is 0. The van der Waals surface area contributed by atoms with Crippen molar-refractivity contribution in [2.75, 3.05) is 49.5 Å². The Morgan fingerprint density at radius 3 is 2.48 bits per heavy atom. The first-order chi connectivity index (χ1) is 14.9. The number of likely N-dealkylation sites (tertiary alicyclic amines) is 1. The Labute approximate surface area is 182 Å². The quantitative estimate of drug-likeness (QED) is 0.595. The van der Waals surface area contributed by atoms with Crippen LogP contribution in [0.25, 0.3) is 0 Å². The van der Waals surface area contributed by atoms with E-state index in [1.165, 1.54) is 6.07 Å². The zero-order chi connectivity index (χ0) is 22.4. The molecule has 9 heteroatoms. The Kier molecular flexibility index (Phi) is 8.09. The molecule has 2 fully saturated rings. The lowest BCUT2D eigenvalue weighted by atomic mass is 9.96. The molecule has 3 rings (SSSR count). The van der Waals surface area contributed by atoms with E-state index in [1.54, 1.807) is 17.0 Å². The zero-order valence-electron chi connectivity index (χ0n) is 18.3. The molecule has 0 aromatic heterocycles. The Balaban J connectivity index is 1.51. The Bertz CT molecular complexity index is 760. The highest BCUT2D eigenvalue weighted by atomic mass is 19.1. The Hall–Kier alpha value is -2.39. The molecule has 3 amide bonds. The lowest BCUT2D eigenvalue weighted by Crippen LogP contribution is -2.46. The number of carbonyl (C=O) groups excluding carboxylic acids is 2. The molecule has 2 atom stereocenters. The number of nitrogens with zero attached hydrogens (tertiary/aromatic N) is 2. The van der Waals surface area contributed by atoms with Crippen molar-refractivity contribution in [3.63, 3.8) is 0 Å². The molecule has 1 aromatic carbocycles. The number of rotatable bonds is 6. The van der Waals surface area contributed by atoms with Gasteiger partial charge in [0.1, 0.15) is 5.82 Å². The second-order valence-corrected chi connectivity index (χ2v) is 8.39. The van der Waals surface area contributed by atoms with Gasteiger partial charge in [0.25, 0.3) is 0 Å². The summed E-state index contributed by atoms with van der Waals surface area (Å²) in [5, 5.41) is 14.4. The minimum absolute atomic E-state index is 0.0297. The third kappa shape index (κ3) is 6.30. The highest BCUT2D eigenvalue weighted by molar-refractivity contribution is 5.90. The van der Waals surface area contributed by atoms with E-state index in [0.29, 0.717) is 63.4 Å². The second-order valence-electron chi connectivity index (χ2n) is 8.39. The van der Waals surface area contributed by atoms with Crippen molar-refractivity contribution < 1.29 is 23.8 Å². The van der Waals surface area contributed by atoms with E-state index in [4.69, 9.17) is 9.84 Å². The van der Waals surface area contributed by atoms with Crippen molar-refractivity contribution >= 4 is 23.3 Å².